The first-order valence-corrected chi connectivity index (χ1v) is 4.54. The van der Waals surface area contributed by atoms with Gasteiger partial charge in [-0.05, 0) is 39.2 Å². The van der Waals surface area contributed by atoms with E-state index in [-0.39, 0.29) is 0 Å². The SMILES string of the molecule is CC[C@H](CN)CCC=C(C)C. The van der Waals surface area contributed by atoms with Crippen LogP contribution in [0.2, 0.25) is 0 Å². The van der Waals surface area contributed by atoms with Crippen LogP contribution in [0.5, 0.6) is 0 Å². The Morgan fingerprint density at radius 2 is 2.09 bits per heavy atom. The van der Waals surface area contributed by atoms with Crippen molar-refractivity contribution in [3.05, 3.63) is 11.6 Å². The van der Waals surface area contributed by atoms with Crippen molar-refractivity contribution >= 4 is 0 Å². The lowest BCUT2D eigenvalue weighted by Crippen LogP contribution is -2.12. The van der Waals surface area contributed by atoms with Crippen LogP contribution >= 0.6 is 0 Å². The highest BCUT2D eigenvalue weighted by Gasteiger charge is 2.00. The highest BCUT2D eigenvalue weighted by Crippen LogP contribution is 2.10. The second-order valence-corrected chi connectivity index (χ2v) is 3.37. The van der Waals surface area contributed by atoms with Gasteiger partial charge in [-0.25, -0.2) is 0 Å². The average molecular weight is 155 g/mol. The molecule has 0 aliphatic heterocycles. The van der Waals surface area contributed by atoms with Gasteiger partial charge in [-0.1, -0.05) is 25.0 Å². The number of nitrogens with two attached hydrogens (primary N) is 1. The molecular weight excluding hydrogens is 134 g/mol. The van der Waals surface area contributed by atoms with Gasteiger partial charge in [0.1, 0.15) is 0 Å². The van der Waals surface area contributed by atoms with Gasteiger partial charge in [0, 0.05) is 0 Å². The van der Waals surface area contributed by atoms with E-state index < -0.39 is 0 Å². The Kier molecular flexibility index (Phi) is 6.24. The molecule has 0 radical (unpaired) electrons. The molecule has 0 bridgehead atoms. The zero-order valence-corrected chi connectivity index (χ0v) is 8.06. The molecule has 0 saturated carbocycles. The summed E-state index contributed by atoms with van der Waals surface area (Å²) in [6.45, 7) is 7.33. The van der Waals surface area contributed by atoms with E-state index in [1.54, 1.807) is 0 Å². The second-order valence-electron chi connectivity index (χ2n) is 3.37. The lowest BCUT2D eigenvalue weighted by Gasteiger charge is -2.09. The van der Waals surface area contributed by atoms with Crippen molar-refractivity contribution in [2.45, 2.75) is 40.0 Å². The molecule has 0 aliphatic carbocycles. The second kappa shape index (κ2) is 6.41. The summed E-state index contributed by atoms with van der Waals surface area (Å²) in [5.74, 6) is 0.727. The van der Waals surface area contributed by atoms with Crippen LogP contribution in [0.3, 0.4) is 0 Å². The minimum absolute atomic E-state index is 0.727. The summed E-state index contributed by atoms with van der Waals surface area (Å²) < 4.78 is 0. The Morgan fingerprint density at radius 3 is 2.45 bits per heavy atom. The molecule has 0 saturated heterocycles. The van der Waals surface area contributed by atoms with Gasteiger partial charge < -0.3 is 5.73 Å². The summed E-state index contributed by atoms with van der Waals surface area (Å²) in [5, 5.41) is 0. The highest BCUT2D eigenvalue weighted by molar-refractivity contribution is 4.92. The van der Waals surface area contributed by atoms with Crippen LogP contribution in [0.15, 0.2) is 11.6 Å². The molecule has 0 heterocycles. The Labute approximate surface area is 70.7 Å². The zero-order valence-electron chi connectivity index (χ0n) is 8.06. The lowest BCUT2D eigenvalue weighted by molar-refractivity contribution is 0.485. The standard InChI is InChI=1S/C10H21N/c1-4-10(8-11)7-5-6-9(2)3/h6,10H,4-5,7-8,11H2,1-3H3/t10-/m0/s1. The lowest BCUT2D eigenvalue weighted by atomic mass is 10.00. The predicted octanol–water partition coefficient (Wildman–Crippen LogP) is 2.72. The Hall–Kier alpha value is -0.300. The molecule has 0 rings (SSSR count). The van der Waals surface area contributed by atoms with Gasteiger partial charge in [0.05, 0.1) is 0 Å². The molecule has 66 valence electrons. The van der Waals surface area contributed by atoms with Crippen LogP contribution in [0, 0.1) is 5.92 Å². The number of hydrogen-bond acceptors (Lipinski definition) is 1. The van der Waals surface area contributed by atoms with E-state index in [9.17, 15) is 0 Å². The molecular formula is C10H21N. The molecule has 1 nitrogen and oxygen atoms in total. The van der Waals surface area contributed by atoms with E-state index in [1.807, 2.05) is 0 Å². The van der Waals surface area contributed by atoms with E-state index in [2.05, 4.69) is 26.8 Å². The molecule has 2 N–H and O–H groups in total. The van der Waals surface area contributed by atoms with E-state index in [4.69, 9.17) is 5.73 Å². The molecule has 0 aromatic carbocycles. The Bertz CT molecular complexity index is 108. The summed E-state index contributed by atoms with van der Waals surface area (Å²) in [6.07, 6.45) is 5.95. The number of allylic oxidation sites excluding steroid dienone is 2. The third-order valence-electron chi connectivity index (χ3n) is 2.04. The maximum Gasteiger partial charge on any atom is -0.00489 e. The number of hydrogen-bond donors (Lipinski definition) is 1. The highest BCUT2D eigenvalue weighted by atomic mass is 14.5. The zero-order chi connectivity index (χ0) is 8.69. The van der Waals surface area contributed by atoms with Crippen LogP contribution in [0.25, 0.3) is 0 Å². The van der Waals surface area contributed by atoms with Gasteiger partial charge in [-0.15, -0.1) is 0 Å². The molecule has 0 fully saturated rings. The van der Waals surface area contributed by atoms with Gasteiger partial charge in [0.25, 0.3) is 0 Å². The fourth-order valence-electron chi connectivity index (χ4n) is 1.10. The topological polar surface area (TPSA) is 26.0 Å². The maximum absolute atomic E-state index is 5.58. The monoisotopic (exact) mass is 155 g/mol. The first-order chi connectivity index (χ1) is 5.20. The van der Waals surface area contributed by atoms with E-state index in [0.29, 0.717) is 0 Å². The van der Waals surface area contributed by atoms with E-state index >= 15 is 0 Å². The van der Waals surface area contributed by atoms with Crippen LogP contribution in [0.4, 0.5) is 0 Å². The van der Waals surface area contributed by atoms with Gasteiger partial charge in [-0.3, -0.25) is 0 Å². The molecule has 0 spiro atoms. The maximum atomic E-state index is 5.58. The summed E-state index contributed by atoms with van der Waals surface area (Å²) in [4.78, 5) is 0. The minimum atomic E-state index is 0.727. The average Bonchev–Trinajstić information content (AvgIpc) is 1.98. The summed E-state index contributed by atoms with van der Waals surface area (Å²) in [5.41, 5.74) is 6.99. The fourth-order valence-corrected chi connectivity index (χ4v) is 1.10. The normalized spacial score (nSPS) is 12.7. The first kappa shape index (κ1) is 10.7. The van der Waals surface area contributed by atoms with Crippen molar-refractivity contribution in [2.75, 3.05) is 6.54 Å². The van der Waals surface area contributed by atoms with Crippen LogP contribution in [0.1, 0.15) is 40.0 Å². The molecule has 0 unspecified atom stereocenters. The molecule has 1 atom stereocenters. The van der Waals surface area contributed by atoms with Crippen molar-refractivity contribution in [1.82, 2.24) is 0 Å². The molecule has 0 aliphatic rings. The van der Waals surface area contributed by atoms with E-state index in [1.165, 1.54) is 24.8 Å². The summed E-state index contributed by atoms with van der Waals surface area (Å²) in [6, 6.07) is 0. The van der Waals surface area contributed by atoms with Gasteiger partial charge >= 0.3 is 0 Å². The molecule has 1 heteroatoms. The predicted molar refractivity (Wildman–Crippen MR) is 51.5 cm³/mol. The fraction of sp³-hybridized carbons (Fsp3) is 0.800. The van der Waals surface area contributed by atoms with E-state index in [0.717, 1.165) is 12.5 Å². The molecule has 11 heavy (non-hydrogen) atoms. The Morgan fingerprint density at radius 1 is 1.45 bits per heavy atom. The van der Waals surface area contributed by atoms with Gasteiger partial charge in [-0.2, -0.15) is 0 Å². The smallest absolute Gasteiger partial charge is 0.00489 e. The minimum Gasteiger partial charge on any atom is -0.330 e. The van der Waals surface area contributed by atoms with Crippen molar-refractivity contribution in [2.24, 2.45) is 11.7 Å². The van der Waals surface area contributed by atoms with Gasteiger partial charge in [0.2, 0.25) is 0 Å². The third-order valence-corrected chi connectivity index (χ3v) is 2.04. The van der Waals surface area contributed by atoms with Crippen molar-refractivity contribution in [3.8, 4) is 0 Å². The van der Waals surface area contributed by atoms with Crippen molar-refractivity contribution in [1.29, 1.82) is 0 Å². The van der Waals surface area contributed by atoms with Crippen LogP contribution < -0.4 is 5.73 Å². The van der Waals surface area contributed by atoms with Crippen molar-refractivity contribution < 1.29 is 0 Å². The third kappa shape index (κ3) is 6.11. The van der Waals surface area contributed by atoms with Crippen LogP contribution in [-0.2, 0) is 0 Å². The number of rotatable bonds is 5. The largest absolute Gasteiger partial charge is 0.330 e. The first-order valence-electron chi connectivity index (χ1n) is 4.54. The molecule has 0 aromatic heterocycles. The van der Waals surface area contributed by atoms with Crippen LogP contribution in [-0.4, -0.2) is 6.54 Å². The molecule has 0 amide bonds. The van der Waals surface area contributed by atoms with Gasteiger partial charge in [0.15, 0.2) is 0 Å². The summed E-state index contributed by atoms with van der Waals surface area (Å²) in [7, 11) is 0. The summed E-state index contributed by atoms with van der Waals surface area (Å²) >= 11 is 0. The van der Waals surface area contributed by atoms with Crippen molar-refractivity contribution in [3.63, 3.8) is 0 Å². The quantitative estimate of drug-likeness (QED) is 0.607. The molecule has 0 aromatic rings. The Balaban J connectivity index is 3.43.